The van der Waals surface area contributed by atoms with E-state index in [0.29, 0.717) is 19.5 Å². The van der Waals surface area contributed by atoms with Crippen LogP contribution in [0.5, 0.6) is 0 Å². The van der Waals surface area contributed by atoms with Crippen molar-refractivity contribution >= 4 is 17.9 Å². The Bertz CT molecular complexity index is 1090. The zero-order chi connectivity index (χ0) is 29.2. The van der Waals surface area contributed by atoms with Crippen LogP contribution in [0.15, 0.2) is 48.5 Å². The number of rotatable bonds is 12. The van der Waals surface area contributed by atoms with E-state index < -0.39 is 23.8 Å². The van der Waals surface area contributed by atoms with Gasteiger partial charge >= 0.3 is 6.09 Å². The van der Waals surface area contributed by atoms with Gasteiger partial charge in [0.2, 0.25) is 11.8 Å². The molecule has 0 aliphatic rings. The molecule has 0 radical (unpaired) electrons. The molecule has 3 amide bonds. The van der Waals surface area contributed by atoms with Gasteiger partial charge < -0.3 is 20.3 Å². The van der Waals surface area contributed by atoms with Crippen LogP contribution >= 0.6 is 0 Å². The van der Waals surface area contributed by atoms with Gasteiger partial charge in [-0.15, -0.1) is 0 Å². The maximum absolute atomic E-state index is 14.3. The number of unbranched alkanes of at least 4 members (excludes halogenated alkanes) is 1. The number of carbonyl (C=O) groups is 3. The molecule has 2 aromatic rings. The first kappa shape index (κ1) is 31.9. The Balaban J connectivity index is 2.51. The van der Waals surface area contributed by atoms with Crippen LogP contribution in [0.25, 0.3) is 0 Å². The average molecular weight is 538 g/mol. The summed E-state index contributed by atoms with van der Waals surface area (Å²) in [5.74, 6) is -0.408. The monoisotopic (exact) mass is 537 g/mol. The molecular weight excluding hydrogens is 490 g/mol. The second-order valence-corrected chi connectivity index (χ2v) is 11.6. The van der Waals surface area contributed by atoms with Crippen LogP contribution < -0.4 is 10.6 Å². The summed E-state index contributed by atoms with van der Waals surface area (Å²) in [4.78, 5) is 42.6. The fourth-order valence-electron chi connectivity index (χ4n) is 4.44. The van der Waals surface area contributed by atoms with Crippen molar-refractivity contribution < 1.29 is 19.1 Å². The maximum atomic E-state index is 14.3. The number of nitrogens with zero attached hydrogens (tertiary/aromatic N) is 1. The smallest absolute Gasteiger partial charge is 0.408 e. The first-order chi connectivity index (χ1) is 18.3. The Hall–Kier alpha value is -3.35. The highest BCUT2D eigenvalue weighted by Crippen LogP contribution is 2.28. The molecule has 7 heteroatoms. The molecule has 0 spiro atoms. The van der Waals surface area contributed by atoms with E-state index >= 15 is 0 Å². The standard InChI is InChI=1S/C32H47N3O4/c1-9-10-19-35(30(37)27(20-22(2)3)34-31(38)39-32(6,7)8)28(26-18-14-15-23(4)24(26)5)29(36)33-21-25-16-12-11-13-17-25/h11-18,22,27-28H,9-10,19-21H2,1-8H3,(H,33,36)(H,34,38). The molecule has 0 aliphatic heterocycles. The molecule has 39 heavy (non-hydrogen) atoms. The minimum absolute atomic E-state index is 0.132. The highest BCUT2D eigenvalue weighted by atomic mass is 16.6. The van der Waals surface area contributed by atoms with Crippen LogP contribution in [0.2, 0.25) is 0 Å². The van der Waals surface area contributed by atoms with E-state index in [1.807, 2.05) is 76.2 Å². The zero-order valence-corrected chi connectivity index (χ0v) is 25.0. The van der Waals surface area contributed by atoms with Gasteiger partial charge in [-0.2, -0.15) is 0 Å². The van der Waals surface area contributed by atoms with E-state index in [2.05, 4.69) is 17.6 Å². The lowest BCUT2D eigenvalue weighted by Crippen LogP contribution is -2.53. The van der Waals surface area contributed by atoms with Gasteiger partial charge in [0.1, 0.15) is 17.7 Å². The molecule has 0 aromatic heterocycles. The lowest BCUT2D eigenvalue weighted by atomic mass is 9.94. The maximum Gasteiger partial charge on any atom is 0.408 e. The largest absolute Gasteiger partial charge is 0.444 e. The van der Waals surface area contributed by atoms with Crippen molar-refractivity contribution in [2.75, 3.05) is 6.54 Å². The Morgan fingerprint density at radius 2 is 1.64 bits per heavy atom. The number of amides is 3. The summed E-state index contributed by atoms with van der Waals surface area (Å²) >= 11 is 0. The Morgan fingerprint density at radius 3 is 2.23 bits per heavy atom. The SMILES string of the molecule is CCCCN(C(=O)C(CC(C)C)NC(=O)OC(C)(C)C)C(C(=O)NCc1ccccc1)c1cccc(C)c1C. The molecule has 2 aromatic carbocycles. The van der Waals surface area contributed by atoms with Crippen molar-refractivity contribution in [2.24, 2.45) is 5.92 Å². The predicted molar refractivity (Wildman–Crippen MR) is 156 cm³/mol. The summed E-state index contributed by atoms with van der Waals surface area (Å²) < 4.78 is 5.48. The number of alkyl carbamates (subject to hydrolysis) is 1. The first-order valence-electron chi connectivity index (χ1n) is 14.0. The van der Waals surface area contributed by atoms with Gasteiger partial charge in [0.15, 0.2) is 0 Å². The minimum Gasteiger partial charge on any atom is -0.444 e. The average Bonchev–Trinajstić information content (AvgIpc) is 2.85. The van der Waals surface area contributed by atoms with E-state index in [1.165, 1.54) is 0 Å². The molecule has 0 aliphatic carbocycles. The van der Waals surface area contributed by atoms with E-state index in [4.69, 9.17) is 4.74 Å². The molecule has 7 nitrogen and oxygen atoms in total. The van der Waals surface area contributed by atoms with Gasteiger partial charge in [-0.25, -0.2) is 4.79 Å². The van der Waals surface area contributed by atoms with E-state index in [1.54, 1.807) is 25.7 Å². The van der Waals surface area contributed by atoms with E-state index in [9.17, 15) is 14.4 Å². The molecule has 0 bridgehead atoms. The Kier molecular flexibility index (Phi) is 12.0. The third-order valence-corrected chi connectivity index (χ3v) is 6.54. The third kappa shape index (κ3) is 10.0. The molecule has 2 unspecified atom stereocenters. The van der Waals surface area contributed by atoms with Crippen LogP contribution in [-0.4, -0.2) is 41.0 Å². The molecule has 0 heterocycles. The minimum atomic E-state index is -0.845. The van der Waals surface area contributed by atoms with Gasteiger partial charge in [-0.3, -0.25) is 9.59 Å². The number of carbonyl (C=O) groups excluding carboxylic acids is 3. The molecule has 0 fully saturated rings. The highest BCUT2D eigenvalue weighted by molar-refractivity contribution is 5.92. The molecule has 0 saturated heterocycles. The summed E-state index contributed by atoms with van der Waals surface area (Å²) in [6, 6.07) is 13.9. The molecule has 214 valence electrons. The second kappa shape index (κ2) is 14.7. The van der Waals surface area contributed by atoms with Crippen molar-refractivity contribution in [3.05, 3.63) is 70.8 Å². The molecule has 0 saturated carbocycles. The predicted octanol–water partition coefficient (Wildman–Crippen LogP) is 6.23. The second-order valence-electron chi connectivity index (χ2n) is 11.6. The molecular formula is C32H47N3O4. The molecule has 2 N–H and O–H groups in total. The number of hydrogen-bond acceptors (Lipinski definition) is 4. The van der Waals surface area contributed by atoms with Gasteiger partial charge in [0.25, 0.3) is 0 Å². The van der Waals surface area contributed by atoms with Gasteiger partial charge in [-0.05, 0) is 75.6 Å². The number of hydrogen-bond donors (Lipinski definition) is 2. The van der Waals surface area contributed by atoms with Crippen LogP contribution in [0.4, 0.5) is 4.79 Å². The summed E-state index contributed by atoms with van der Waals surface area (Å²) in [6.07, 6.45) is 1.35. The fourth-order valence-corrected chi connectivity index (χ4v) is 4.44. The number of benzene rings is 2. The summed E-state index contributed by atoms with van der Waals surface area (Å²) in [7, 11) is 0. The zero-order valence-electron chi connectivity index (χ0n) is 25.0. The van der Waals surface area contributed by atoms with Crippen molar-refractivity contribution in [3.63, 3.8) is 0 Å². The molecule has 2 rings (SSSR count). The lowest BCUT2D eigenvalue weighted by Gasteiger charge is -2.35. The topological polar surface area (TPSA) is 87.7 Å². The van der Waals surface area contributed by atoms with Crippen molar-refractivity contribution in [1.29, 1.82) is 0 Å². The van der Waals surface area contributed by atoms with Crippen LogP contribution in [-0.2, 0) is 20.9 Å². The summed E-state index contributed by atoms with van der Waals surface area (Å²) in [5, 5.41) is 5.87. The Labute approximate surface area is 234 Å². The highest BCUT2D eigenvalue weighted by Gasteiger charge is 2.37. The Morgan fingerprint density at radius 1 is 0.974 bits per heavy atom. The van der Waals surface area contributed by atoms with Gasteiger partial charge in [0, 0.05) is 13.1 Å². The normalized spacial score (nSPS) is 12.9. The van der Waals surface area contributed by atoms with Crippen molar-refractivity contribution in [2.45, 2.75) is 98.9 Å². The summed E-state index contributed by atoms with van der Waals surface area (Å²) in [6.45, 7) is 16.1. The number of nitrogens with one attached hydrogen (secondary N) is 2. The molecule has 2 atom stereocenters. The van der Waals surface area contributed by atoms with Gasteiger partial charge in [0.05, 0.1) is 0 Å². The first-order valence-corrected chi connectivity index (χ1v) is 14.0. The van der Waals surface area contributed by atoms with Crippen molar-refractivity contribution in [3.8, 4) is 0 Å². The summed E-state index contributed by atoms with van der Waals surface area (Å²) in [5.41, 5.74) is 3.07. The lowest BCUT2D eigenvalue weighted by molar-refractivity contribution is -0.143. The van der Waals surface area contributed by atoms with E-state index in [0.717, 1.165) is 35.1 Å². The van der Waals surface area contributed by atoms with Gasteiger partial charge in [-0.1, -0.05) is 75.7 Å². The van der Waals surface area contributed by atoms with Crippen LogP contribution in [0.1, 0.15) is 89.1 Å². The van der Waals surface area contributed by atoms with Crippen LogP contribution in [0.3, 0.4) is 0 Å². The van der Waals surface area contributed by atoms with E-state index in [-0.39, 0.29) is 17.7 Å². The number of ether oxygens (including phenoxy) is 1. The van der Waals surface area contributed by atoms with Crippen LogP contribution in [0, 0.1) is 19.8 Å². The quantitative estimate of drug-likeness (QED) is 0.336. The fraction of sp³-hybridized carbons (Fsp3) is 0.531. The number of aryl methyl sites for hydroxylation is 1. The van der Waals surface area contributed by atoms with Crippen molar-refractivity contribution in [1.82, 2.24) is 15.5 Å². The third-order valence-electron chi connectivity index (χ3n) is 6.54.